The third kappa shape index (κ3) is 3.35. The summed E-state index contributed by atoms with van der Waals surface area (Å²) in [6.07, 6.45) is 4.50. The zero-order chi connectivity index (χ0) is 14.6. The molecule has 2 aliphatic rings. The van der Waals surface area contributed by atoms with Gasteiger partial charge in [-0.3, -0.25) is 4.90 Å². The first kappa shape index (κ1) is 16.2. The molecule has 0 saturated carbocycles. The molecule has 2 fully saturated rings. The molecule has 0 bridgehead atoms. The minimum absolute atomic E-state index is 0.0121. The molecule has 2 saturated heterocycles. The average Bonchev–Trinajstić information content (AvgIpc) is 2.48. The molecular weight excluding hydrogens is 250 g/mol. The Kier molecular flexibility index (Phi) is 5.46. The van der Waals surface area contributed by atoms with Gasteiger partial charge in [-0.2, -0.15) is 0 Å². The molecule has 4 nitrogen and oxygen atoms in total. The summed E-state index contributed by atoms with van der Waals surface area (Å²) in [5.41, 5.74) is 6.41. The minimum atomic E-state index is 0.0121. The van der Waals surface area contributed by atoms with Gasteiger partial charge in [0.2, 0.25) is 0 Å². The van der Waals surface area contributed by atoms with Crippen molar-refractivity contribution in [1.29, 1.82) is 0 Å². The van der Waals surface area contributed by atoms with E-state index < -0.39 is 0 Å². The van der Waals surface area contributed by atoms with Gasteiger partial charge in [0.05, 0.1) is 5.60 Å². The van der Waals surface area contributed by atoms with Crippen LogP contribution in [0.5, 0.6) is 0 Å². The van der Waals surface area contributed by atoms with Crippen molar-refractivity contribution >= 4 is 0 Å². The van der Waals surface area contributed by atoms with E-state index >= 15 is 0 Å². The largest absolute Gasteiger partial charge is 0.375 e. The van der Waals surface area contributed by atoms with Crippen LogP contribution in [-0.2, 0) is 4.74 Å². The second-order valence-corrected chi connectivity index (χ2v) is 6.84. The number of hydrogen-bond acceptors (Lipinski definition) is 4. The van der Waals surface area contributed by atoms with E-state index in [1.807, 2.05) is 0 Å². The quantitative estimate of drug-likeness (QED) is 0.834. The summed E-state index contributed by atoms with van der Waals surface area (Å²) in [5.74, 6) is 0. The number of nitrogens with two attached hydrogens (primary N) is 1. The Morgan fingerprint density at radius 1 is 1.15 bits per heavy atom. The van der Waals surface area contributed by atoms with Gasteiger partial charge in [0, 0.05) is 44.9 Å². The fourth-order valence-electron chi connectivity index (χ4n) is 3.89. The third-order valence-electron chi connectivity index (χ3n) is 5.43. The standard InChI is InChI=1S/C16H33N3O/c1-4-7-18-8-10-19(11-9-18)16(14-17)6-12-20-15(3,5-2)13-16/h4-14,17H2,1-3H3. The Bertz CT molecular complexity index is 304. The summed E-state index contributed by atoms with van der Waals surface area (Å²) in [4.78, 5) is 5.24. The monoisotopic (exact) mass is 283 g/mol. The first-order valence-electron chi connectivity index (χ1n) is 8.39. The summed E-state index contributed by atoms with van der Waals surface area (Å²) in [6, 6.07) is 0. The topological polar surface area (TPSA) is 41.7 Å². The molecule has 118 valence electrons. The van der Waals surface area contributed by atoms with Gasteiger partial charge in [0.1, 0.15) is 0 Å². The zero-order valence-electron chi connectivity index (χ0n) is 13.7. The van der Waals surface area contributed by atoms with Gasteiger partial charge in [-0.1, -0.05) is 13.8 Å². The first-order chi connectivity index (χ1) is 9.57. The maximum atomic E-state index is 6.23. The molecule has 0 amide bonds. The molecule has 2 unspecified atom stereocenters. The van der Waals surface area contributed by atoms with E-state index in [4.69, 9.17) is 10.5 Å². The van der Waals surface area contributed by atoms with Crippen molar-refractivity contribution in [3.63, 3.8) is 0 Å². The lowest BCUT2D eigenvalue weighted by atomic mass is 9.77. The molecule has 4 heteroatoms. The third-order valence-corrected chi connectivity index (χ3v) is 5.43. The molecular formula is C16H33N3O. The van der Waals surface area contributed by atoms with Gasteiger partial charge in [-0.25, -0.2) is 0 Å². The van der Waals surface area contributed by atoms with Crippen LogP contribution in [0.3, 0.4) is 0 Å². The summed E-state index contributed by atoms with van der Waals surface area (Å²) in [5, 5.41) is 0. The smallest absolute Gasteiger partial charge is 0.0670 e. The molecule has 2 atom stereocenters. The fourth-order valence-corrected chi connectivity index (χ4v) is 3.89. The molecule has 20 heavy (non-hydrogen) atoms. The second-order valence-electron chi connectivity index (χ2n) is 6.84. The number of piperazine rings is 1. The van der Waals surface area contributed by atoms with Crippen molar-refractivity contribution < 1.29 is 4.74 Å². The van der Waals surface area contributed by atoms with Gasteiger partial charge in [-0.15, -0.1) is 0 Å². The molecule has 0 aromatic rings. The van der Waals surface area contributed by atoms with E-state index in [1.54, 1.807) is 0 Å². The van der Waals surface area contributed by atoms with Crippen LogP contribution in [0.1, 0.15) is 46.5 Å². The van der Waals surface area contributed by atoms with Crippen LogP contribution in [0.25, 0.3) is 0 Å². The predicted molar refractivity (Wildman–Crippen MR) is 84.0 cm³/mol. The van der Waals surface area contributed by atoms with Crippen LogP contribution < -0.4 is 5.73 Å². The lowest BCUT2D eigenvalue weighted by Crippen LogP contribution is -2.64. The summed E-state index contributed by atoms with van der Waals surface area (Å²) in [7, 11) is 0. The first-order valence-corrected chi connectivity index (χ1v) is 8.39. The maximum absolute atomic E-state index is 6.23. The number of rotatable bonds is 5. The van der Waals surface area contributed by atoms with E-state index in [0.29, 0.717) is 0 Å². The molecule has 2 aliphatic heterocycles. The van der Waals surface area contributed by atoms with E-state index in [9.17, 15) is 0 Å². The lowest BCUT2D eigenvalue weighted by Gasteiger charge is -2.53. The lowest BCUT2D eigenvalue weighted by molar-refractivity contribution is -0.134. The van der Waals surface area contributed by atoms with Crippen molar-refractivity contribution in [2.75, 3.05) is 45.9 Å². The highest BCUT2D eigenvalue weighted by molar-refractivity contribution is 5.01. The van der Waals surface area contributed by atoms with Gasteiger partial charge in [-0.05, 0) is 39.2 Å². The molecule has 0 spiro atoms. The Hall–Kier alpha value is -0.160. The fraction of sp³-hybridized carbons (Fsp3) is 1.00. The number of nitrogens with zero attached hydrogens (tertiary/aromatic N) is 2. The molecule has 0 aromatic carbocycles. The van der Waals surface area contributed by atoms with E-state index in [-0.39, 0.29) is 11.1 Å². The minimum Gasteiger partial charge on any atom is -0.375 e. The SMILES string of the molecule is CCCN1CCN(C2(CN)CCOC(C)(CC)C2)CC1. The van der Waals surface area contributed by atoms with Crippen LogP contribution in [0.2, 0.25) is 0 Å². The average molecular weight is 283 g/mol. The Morgan fingerprint density at radius 2 is 1.85 bits per heavy atom. The highest BCUT2D eigenvalue weighted by atomic mass is 16.5. The number of ether oxygens (including phenoxy) is 1. The maximum Gasteiger partial charge on any atom is 0.0670 e. The van der Waals surface area contributed by atoms with E-state index in [2.05, 4.69) is 30.6 Å². The summed E-state index contributed by atoms with van der Waals surface area (Å²) < 4.78 is 6.03. The summed E-state index contributed by atoms with van der Waals surface area (Å²) in [6.45, 7) is 14.3. The normalized spacial score (nSPS) is 37.2. The van der Waals surface area contributed by atoms with Crippen molar-refractivity contribution in [3.8, 4) is 0 Å². The van der Waals surface area contributed by atoms with Gasteiger partial charge in [0.25, 0.3) is 0 Å². The Morgan fingerprint density at radius 3 is 2.40 bits per heavy atom. The van der Waals surface area contributed by atoms with Gasteiger partial charge < -0.3 is 15.4 Å². The Labute approximate surface area is 124 Å². The molecule has 2 heterocycles. The summed E-state index contributed by atoms with van der Waals surface area (Å²) >= 11 is 0. The van der Waals surface area contributed by atoms with Gasteiger partial charge >= 0.3 is 0 Å². The highest BCUT2D eigenvalue weighted by Gasteiger charge is 2.45. The molecule has 0 aliphatic carbocycles. The molecule has 0 radical (unpaired) electrons. The van der Waals surface area contributed by atoms with E-state index in [1.165, 1.54) is 26.1 Å². The van der Waals surface area contributed by atoms with Crippen molar-refractivity contribution in [3.05, 3.63) is 0 Å². The van der Waals surface area contributed by atoms with Crippen LogP contribution >= 0.6 is 0 Å². The van der Waals surface area contributed by atoms with Crippen molar-refractivity contribution in [2.24, 2.45) is 5.73 Å². The second kappa shape index (κ2) is 6.73. The molecule has 2 rings (SSSR count). The van der Waals surface area contributed by atoms with Gasteiger partial charge in [0.15, 0.2) is 0 Å². The Balaban J connectivity index is 2.01. The van der Waals surface area contributed by atoms with Crippen LogP contribution in [0, 0.1) is 0 Å². The molecule has 2 N–H and O–H groups in total. The van der Waals surface area contributed by atoms with Crippen LogP contribution in [0.4, 0.5) is 0 Å². The highest BCUT2D eigenvalue weighted by Crippen LogP contribution is 2.38. The molecule has 0 aromatic heterocycles. The van der Waals surface area contributed by atoms with Crippen molar-refractivity contribution in [2.45, 2.75) is 57.6 Å². The van der Waals surface area contributed by atoms with Crippen LogP contribution in [-0.4, -0.2) is 66.8 Å². The predicted octanol–water partition coefficient (Wildman–Crippen LogP) is 1.69. The van der Waals surface area contributed by atoms with Crippen LogP contribution in [0.15, 0.2) is 0 Å². The number of hydrogen-bond donors (Lipinski definition) is 1. The van der Waals surface area contributed by atoms with Crippen molar-refractivity contribution in [1.82, 2.24) is 9.80 Å². The van der Waals surface area contributed by atoms with E-state index in [0.717, 1.165) is 45.5 Å². The zero-order valence-corrected chi connectivity index (χ0v) is 13.7.